The first-order valence-corrected chi connectivity index (χ1v) is 17.3. The number of benzene rings is 8. The standard InChI is InChI=1S/C49H27N5/c1-51-47-42(30-15-4-2-5-16-30)37(29-50)48(53-38-24-12-10-20-33(38)34-21-11-13-25-39(34)53)43(31-17-6-3-7-18-31)49(47)54-40-26-14-23-35-32-19-8-9-22-36(32)46-45(44(35)40)41(54)27-28-52-46/h2-28H/i10D,11D,12D,13D,20D,21D,24D,25D. The highest BCUT2D eigenvalue weighted by Crippen LogP contribution is 2.53. The number of nitriles is 1. The van der Waals surface area contributed by atoms with Crippen molar-refractivity contribution >= 4 is 71.0 Å². The molecule has 5 nitrogen and oxygen atoms in total. The zero-order valence-corrected chi connectivity index (χ0v) is 28.2. The Balaban J connectivity index is 1.51. The van der Waals surface area contributed by atoms with Gasteiger partial charge in [-0.3, -0.25) is 4.98 Å². The summed E-state index contributed by atoms with van der Waals surface area (Å²) in [6, 6.07) is 32.2. The van der Waals surface area contributed by atoms with Crippen LogP contribution < -0.4 is 0 Å². The molecule has 0 spiro atoms. The molecule has 8 aromatic carbocycles. The highest BCUT2D eigenvalue weighted by molar-refractivity contribution is 6.33. The van der Waals surface area contributed by atoms with Crippen LogP contribution >= 0.6 is 0 Å². The average Bonchev–Trinajstić information content (AvgIpc) is 3.85. The number of hydrogen-bond acceptors (Lipinski definition) is 2. The third-order valence-electron chi connectivity index (χ3n) is 10.4. The quantitative estimate of drug-likeness (QED) is 0.136. The minimum Gasteiger partial charge on any atom is -0.318 e. The normalized spacial score (nSPS) is 13.7. The Hall–Kier alpha value is -7.73. The molecule has 0 unspecified atom stereocenters. The van der Waals surface area contributed by atoms with E-state index in [2.05, 4.69) is 23.0 Å². The topological polar surface area (TPSA) is 50.9 Å². The summed E-state index contributed by atoms with van der Waals surface area (Å²) >= 11 is 0. The van der Waals surface area contributed by atoms with Crippen molar-refractivity contribution < 1.29 is 11.0 Å². The molecular formula is C49H27N5. The number of rotatable bonds is 4. The van der Waals surface area contributed by atoms with Crippen molar-refractivity contribution in [3.63, 3.8) is 0 Å². The van der Waals surface area contributed by atoms with Gasteiger partial charge in [0.25, 0.3) is 0 Å². The molecule has 0 atom stereocenters. The molecule has 0 saturated carbocycles. The van der Waals surface area contributed by atoms with Gasteiger partial charge >= 0.3 is 0 Å². The molecular weight excluding hydrogens is 659 g/mol. The summed E-state index contributed by atoms with van der Waals surface area (Å²) in [4.78, 5) is 9.20. The Bertz CT molecular complexity index is 3700. The molecule has 0 radical (unpaired) electrons. The van der Waals surface area contributed by atoms with Crippen LogP contribution in [-0.2, 0) is 0 Å². The van der Waals surface area contributed by atoms with Gasteiger partial charge in [-0.25, -0.2) is 4.85 Å². The van der Waals surface area contributed by atoms with Crippen LogP contribution in [0.15, 0.2) is 164 Å². The highest BCUT2D eigenvalue weighted by atomic mass is 15.0. The first-order valence-electron chi connectivity index (χ1n) is 21.3. The lowest BCUT2D eigenvalue weighted by atomic mass is 9.88. The molecule has 0 aliphatic heterocycles. The van der Waals surface area contributed by atoms with Crippen LogP contribution in [0.5, 0.6) is 0 Å². The van der Waals surface area contributed by atoms with E-state index in [1.807, 2.05) is 77.4 Å². The van der Waals surface area contributed by atoms with Crippen molar-refractivity contribution in [2.45, 2.75) is 0 Å². The van der Waals surface area contributed by atoms with Gasteiger partial charge in [-0.1, -0.05) is 133 Å². The van der Waals surface area contributed by atoms with Gasteiger partial charge in [0, 0.05) is 44.3 Å². The molecule has 11 rings (SSSR count). The van der Waals surface area contributed by atoms with E-state index >= 15 is 0 Å². The Labute approximate surface area is 321 Å². The van der Waals surface area contributed by atoms with E-state index in [0.717, 1.165) is 43.5 Å². The van der Waals surface area contributed by atoms with Crippen molar-refractivity contribution in [3.05, 3.63) is 181 Å². The lowest BCUT2D eigenvalue weighted by Gasteiger charge is -2.25. The molecule has 0 aliphatic carbocycles. The van der Waals surface area contributed by atoms with Crippen LogP contribution in [0.3, 0.4) is 0 Å². The first-order chi connectivity index (χ1) is 30.1. The van der Waals surface area contributed by atoms with Crippen LogP contribution in [0, 0.1) is 17.9 Å². The first kappa shape index (κ1) is 23.0. The Kier molecular flexibility index (Phi) is 4.84. The molecule has 0 bridgehead atoms. The summed E-state index contributed by atoms with van der Waals surface area (Å²) < 4.78 is 75.9. The Morgan fingerprint density at radius 1 is 0.556 bits per heavy atom. The summed E-state index contributed by atoms with van der Waals surface area (Å²) in [6.45, 7) is 9.04. The summed E-state index contributed by atoms with van der Waals surface area (Å²) in [6.07, 6.45) is 1.73. The molecule has 0 saturated heterocycles. The lowest BCUT2D eigenvalue weighted by molar-refractivity contribution is 1.13. The monoisotopic (exact) mass is 693 g/mol. The molecule has 0 N–H and O–H groups in total. The predicted molar refractivity (Wildman–Crippen MR) is 221 cm³/mol. The van der Waals surface area contributed by atoms with Crippen molar-refractivity contribution in [1.82, 2.24) is 14.1 Å². The molecule has 0 amide bonds. The fourth-order valence-electron chi connectivity index (χ4n) is 8.38. The van der Waals surface area contributed by atoms with Crippen LogP contribution in [-0.4, -0.2) is 14.1 Å². The van der Waals surface area contributed by atoms with E-state index in [9.17, 15) is 10.7 Å². The summed E-state index contributed by atoms with van der Waals surface area (Å²) in [5, 5.41) is 16.0. The smallest absolute Gasteiger partial charge is 0.220 e. The maximum atomic E-state index is 11.6. The number of nitrogens with zero attached hydrogens (tertiary/aromatic N) is 5. The summed E-state index contributed by atoms with van der Waals surface area (Å²) in [5.41, 5.74) is 4.07. The molecule has 0 fully saturated rings. The molecule has 54 heavy (non-hydrogen) atoms. The highest BCUT2D eigenvalue weighted by Gasteiger charge is 2.32. The van der Waals surface area contributed by atoms with Gasteiger partial charge < -0.3 is 9.13 Å². The fourth-order valence-corrected chi connectivity index (χ4v) is 8.38. The van der Waals surface area contributed by atoms with Crippen LogP contribution in [0.25, 0.3) is 104 Å². The third kappa shape index (κ3) is 3.93. The Morgan fingerprint density at radius 2 is 1.13 bits per heavy atom. The number of para-hydroxylation sites is 2. The summed E-state index contributed by atoms with van der Waals surface area (Å²) in [5.74, 6) is 0. The van der Waals surface area contributed by atoms with E-state index in [1.165, 1.54) is 4.57 Å². The van der Waals surface area contributed by atoms with E-state index in [0.29, 0.717) is 22.4 Å². The zero-order valence-electron chi connectivity index (χ0n) is 36.2. The average molecular weight is 694 g/mol. The second-order valence-corrected chi connectivity index (χ2v) is 13.0. The predicted octanol–water partition coefficient (Wildman–Crippen LogP) is 12.8. The largest absolute Gasteiger partial charge is 0.318 e. The maximum absolute atomic E-state index is 11.6. The summed E-state index contributed by atoms with van der Waals surface area (Å²) in [7, 11) is 0. The molecule has 3 aromatic heterocycles. The van der Waals surface area contributed by atoms with Gasteiger partial charge in [0.1, 0.15) is 6.07 Å². The number of pyridine rings is 1. The second kappa shape index (κ2) is 11.4. The van der Waals surface area contributed by atoms with Gasteiger partial charge in [-0.2, -0.15) is 5.26 Å². The van der Waals surface area contributed by atoms with Crippen molar-refractivity contribution in [2.75, 3.05) is 0 Å². The number of fused-ring (bicyclic) bond motifs is 6. The van der Waals surface area contributed by atoms with Crippen LogP contribution in [0.1, 0.15) is 16.5 Å². The molecule has 5 heteroatoms. The second-order valence-electron chi connectivity index (χ2n) is 13.0. The molecule has 248 valence electrons. The van der Waals surface area contributed by atoms with E-state index in [-0.39, 0.29) is 44.3 Å². The van der Waals surface area contributed by atoms with Crippen molar-refractivity contribution in [2.24, 2.45) is 0 Å². The maximum Gasteiger partial charge on any atom is 0.220 e. The third-order valence-corrected chi connectivity index (χ3v) is 10.4. The SMILES string of the molecule is [2H]c1c([2H])c([2H])c2c(c1[2H])c1c([2H])c([2H])c([2H])c([2H])c1n2-c1c(C#N)c(-c2ccccc2)c([N+]#[C-])c(-n2c3cccc4c5ccccc5c5nccc2c5c43)c1-c1ccccc1. The van der Waals surface area contributed by atoms with Crippen LogP contribution in [0.2, 0.25) is 0 Å². The number of aromatic nitrogens is 3. The van der Waals surface area contributed by atoms with Gasteiger partial charge in [0.2, 0.25) is 5.69 Å². The van der Waals surface area contributed by atoms with Crippen LogP contribution in [0.4, 0.5) is 5.69 Å². The molecule has 0 aliphatic rings. The Morgan fingerprint density at radius 3 is 1.80 bits per heavy atom. The van der Waals surface area contributed by atoms with Crippen molar-refractivity contribution in [3.8, 4) is 39.7 Å². The van der Waals surface area contributed by atoms with E-state index < -0.39 is 48.3 Å². The minimum absolute atomic E-state index is 0.0380. The fraction of sp³-hybridized carbons (Fsp3) is 0. The molecule has 3 heterocycles. The van der Waals surface area contributed by atoms with Crippen molar-refractivity contribution in [1.29, 1.82) is 5.26 Å². The van der Waals surface area contributed by atoms with Gasteiger partial charge in [-0.05, 0) is 46.1 Å². The van der Waals surface area contributed by atoms with Gasteiger partial charge in [-0.15, -0.1) is 0 Å². The van der Waals surface area contributed by atoms with E-state index in [4.69, 9.17) is 17.0 Å². The zero-order chi connectivity index (χ0) is 42.9. The minimum atomic E-state index is -0.587. The van der Waals surface area contributed by atoms with Gasteiger partial charge in [0.15, 0.2) is 0 Å². The number of hydrogen-bond donors (Lipinski definition) is 0. The molecule has 11 aromatic rings. The van der Waals surface area contributed by atoms with Gasteiger partial charge in [0.05, 0.1) is 62.1 Å². The van der Waals surface area contributed by atoms with E-state index in [1.54, 1.807) is 30.5 Å². The lowest BCUT2D eigenvalue weighted by Crippen LogP contribution is -2.08.